The smallest absolute Gasteiger partial charge is 0.278 e. The first-order valence-corrected chi connectivity index (χ1v) is 6.87. The minimum Gasteiger partial charge on any atom is -0.495 e. The third-order valence-electron chi connectivity index (χ3n) is 2.84. The van der Waals surface area contributed by atoms with Crippen molar-refractivity contribution in [3.8, 4) is 11.5 Å². The van der Waals surface area contributed by atoms with E-state index in [-0.39, 0.29) is 17.7 Å². The second kappa shape index (κ2) is 6.80. The number of hydrogen-bond donors (Lipinski definition) is 2. The van der Waals surface area contributed by atoms with Gasteiger partial charge in [0, 0.05) is 11.9 Å². The maximum Gasteiger partial charge on any atom is 0.278 e. The highest BCUT2D eigenvalue weighted by molar-refractivity contribution is 6.04. The molecule has 0 aliphatic rings. The highest BCUT2D eigenvalue weighted by Gasteiger charge is 2.15. The summed E-state index contributed by atoms with van der Waals surface area (Å²) in [7, 11) is 1.54. The number of nitrogens with zero attached hydrogens (tertiary/aromatic N) is 1. The first-order chi connectivity index (χ1) is 10.5. The highest BCUT2D eigenvalue weighted by Crippen LogP contribution is 2.25. The number of nitrogens with two attached hydrogens (primary N) is 1. The fourth-order valence-electron chi connectivity index (χ4n) is 1.91. The molecular weight excluding hydrogens is 282 g/mol. The molecule has 2 aromatic rings. The summed E-state index contributed by atoms with van der Waals surface area (Å²) < 4.78 is 10.7. The molecule has 6 heteroatoms. The maximum absolute atomic E-state index is 12.4. The summed E-state index contributed by atoms with van der Waals surface area (Å²) in [5.74, 6) is 0.636. The highest BCUT2D eigenvalue weighted by atomic mass is 16.5. The van der Waals surface area contributed by atoms with Crippen LogP contribution in [0, 0.1) is 0 Å². The van der Waals surface area contributed by atoms with Crippen LogP contribution in [0.1, 0.15) is 24.3 Å². The molecule has 6 nitrogen and oxygen atoms in total. The molecule has 0 saturated heterocycles. The molecule has 0 fully saturated rings. The van der Waals surface area contributed by atoms with Gasteiger partial charge in [0.15, 0.2) is 11.4 Å². The van der Waals surface area contributed by atoms with Crippen LogP contribution in [0.4, 0.5) is 11.4 Å². The quantitative estimate of drug-likeness (QED) is 0.829. The Labute approximate surface area is 129 Å². The van der Waals surface area contributed by atoms with E-state index in [1.54, 1.807) is 36.5 Å². The van der Waals surface area contributed by atoms with E-state index in [0.29, 0.717) is 22.9 Å². The van der Waals surface area contributed by atoms with Crippen LogP contribution in [0.15, 0.2) is 36.5 Å². The lowest BCUT2D eigenvalue weighted by atomic mass is 10.2. The molecule has 22 heavy (non-hydrogen) atoms. The number of nitrogen functional groups attached to an aromatic ring is 1. The molecule has 0 aliphatic carbocycles. The molecule has 0 bridgehead atoms. The number of pyridine rings is 1. The Morgan fingerprint density at radius 2 is 2.05 bits per heavy atom. The van der Waals surface area contributed by atoms with Crippen LogP contribution >= 0.6 is 0 Å². The summed E-state index contributed by atoms with van der Waals surface area (Å²) >= 11 is 0. The van der Waals surface area contributed by atoms with E-state index in [1.165, 1.54) is 7.11 Å². The van der Waals surface area contributed by atoms with E-state index in [4.69, 9.17) is 15.2 Å². The van der Waals surface area contributed by atoms with Crippen molar-refractivity contribution in [2.45, 2.75) is 20.0 Å². The number of hydrogen-bond acceptors (Lipinski definition) is 5. The van der Waals surface area contributed by atoms with Gasteiger partial charge in [-0.3, -0.25) is 4.79 Å². The van der Waals surface area contributed by atoms with E-state index in [0.717, 1.165) is 0 Å². The number of rotatable bonds is 5. The maximum atomic E-state index is 12.4. The first-order valence-electron chi connectivity index (χ1n) is 6.87. The largest absolute Gasteiger partial charge is 0.495 e. The van der Waals surface area contributed by atoms with Crippen LogP contribution in [0.25, 0.3) is 0 Å². The van der Waals surface area contributed by atoms with Gasteiger partial charge in [0.2, 0.25) is 0 Å². The molecule has 116 valence electrons. The van der Waals surface area contributed by atoms with Gasteiger partial charge < -0.3 is 20.5 Å². The van der Waals surface area contributed by atoms with Gasteiger partial charge in [0.25, 0.3) is 5.91 Å². The number of aromatic nitrogens is 1. The minimum atomic E-state index is -0.360. The second-order valence-corrected chi connectivity index (χ2v) is 4.93. The van der Waals surface area contributed by atoms with Crippen LogP contribution in [-0.2, 0) is 0 Å². The number of methoxy groups -OCH3 is 1. The van der Waals surface area contributed by atoms with Crippen molar-refractivity contribution in [2.75, 3.05) is 18.2 Å². The van der Waals surface area contributed by atoms with Gasteiger partial charge in [-0.15, -0.1) is 0 Å². The van der Waals surface area contributed by atoms with Crippen molar-refractivity contribution in [1.82, 2.24) is 4.98 Å². The molecule has 0 spiro atoms. The Morgan fingerprint density at radius 3 is 2.68 bits per heavy atom. The molecule has 1 aromatic carbocycles. The van der Waals surface area contributed by atoms with Crippen molar-refractivity contribution in [2.24, 2.45) is 0 Å². The van der Waals surface area contributed by atoms with Crippen LogP contribution in [0.3, 0.4) is 0 Å². The fourth-order valence-corrected chi connectivity index (χ4v) is 1.91. The van der Waals surface area contributed by atoms with Gasteiger partial charge in [-0.1, -0.05) is 0 Å². The average Bonchev–Trinajstić information content (AvgIpc) is 2.47. The first kappa shape index (κ1) is 15.6. The second-order valence-electron chi connectivity index (χ2n) is 4.93. The Balaban J connectivity index is 2.21. The number of benzene rings is 1. The monoisotopic (exact) mass is 301 g/mol. The molecule has 1 amide bonds. The lowest BCUT2D eigenvalue weighted by Gasteiger charge is -2.13. The van der Waals surface area contributed by atoms with E-state index in [9.17, 15) is 4.79 Å². The summed E-state index contributed by atoms with van der Waals surface area (Å²) in [6.45, 7) is 3.78. The van der Waals surface area contributed by atoms with Gasteiger partial charge in [0.1, 0.15) is 5.75 Å². The van der Waals surface area contributed by atoms with Crippen molar-refractivity contribution in [3.63, 3.8) is 0 Å². The fraction of sp³-hybridized carbons (Fsp3) is 0.250. The molecule has 1 aromatic heterocycles. The third-order valence-corrected chi connectivity index (χ3v) is 2.84. The molecular formula is C16H19N3O3. The lowest BCUT2D eigenvalue weighted by Crippen LogP contribution is -2.17. The number of nitrogens with one attached hydrogen (secondary N) is 1. The molecule has 0 atom stereocenters. The number of amides is 1. The summed E-state index contributed by atoms with van der Waals surface area (Å²) in [5, 5.41) is 2.75. The van der Waals surface area contributed by atoms with Crippen LogP contribution in [-0.4, -0.2) is 24.1 Å². The molecule has 2 rings (SSSR count). The van der Waals surface area contributed by atoms with E-state index in [1.807, 2.05) is 13.8 Å². The van der Waals surface area contributed by atoms with Crippen molar-refractivity contribution in [1.29, 1.82) is 0 Å². The van der Waals surface area contributed by atoms with Gasteiger partial charge in [-0.05, 0) is 44.2 Å². The lowest BCUT2D eigenvalue weighted by molar-refractivity contribution is 0.101. The Kier molecular flexibility index (Phi) is 4.83. The SMILES string of the molecule is COc1ccc(NC(=O)c2ncccc2OC(C)C)cc1N. The number of ether oxygens (including phenoxy) is 2. The molecule has 0 radical (unpaired) electrons. The third kappa shape index (κ3) is 3.66. The molecule has 0 unspecified atom stereocenters. The van der Waals surface area contributed by atoms with Crippen molar-refractivity contribution >= 4 is 17.3 Å². The van der Waals surface area contributed by atoms with Gasteiger partial charge in [-0.2, -0.15) is 0 Å². The van der Waals surface area contributed by atoms with E-state index < -0.39 is 0 Å². The summed E-state index contributed by atoms with van der Waals surface area (Å²) in [5.41, 5.74) is 7.06. The molecule has 0 aliphatic heterocycles. The zero-order valence-electron chi connectivity index (χ0n) is 12.8. The van der Waals surface area contributed by atoms with Crippen LogP contribution in [0.5, 0.6) is 11.5 Å². The molecule has 3 N–H and O–H groups in total. The minimum absolute atomic E-state index is 0.0487. The summed E-state index contributed by atoms with van der Waals surface area (Å²) in [6.07, 6.45) is 1.50. The Morgan fingerprint density at radius 1 is 1.27 bits per heavy atom. The standard InChI is InChI=1S/C16H19N3O3/c1-10(2)22-14-5-4-8-18-15(14)16(20)19-11-6-7-13(21-3)12(17)9-11/h4-10H,17H2,1-3H3,(H,19,20). The van der Waals surface area contributed by atoms with Gasteiger partial charge in [0.05, 0.1) is 18.9 Å². The normalized spacial score (nSPS) is 10.4. The predicted octanol–water partition coefficient (Wildman–Crippen LogP) is 2.71. The van der Waals surface area contributed by atoms with Gasteiger partial charge >= 0.3 is 0 Å². The van der Waals surface area contributed by atoms with Crippen molar-refractivity contribution < 1.29 is 14.3 Å². The summed E-state index contributed by atoms with van der Waals surface area (Å²) in [4.78, 5) is 16.4. The zero-order chi connectivity index (χ0) is 16.1. The van der Waals surface area contributed by atoms with Crippen LogP contribution in [0.2, 0.25) is 0 Å². The number of anilines is 2. The number of carbonyl (C=O) groups excluding carboxylic acids is 1. The molecule has 0 saturated carbocycles. The predicted molar refractivity (Wildman–Crippen MR) is 85.4 cm³/mol. The number of carbonyl (C=O) groups is 1. The summed E-state index contributed by atoms with van der Waals surface area (Å²) in [6, 6.07) is 8.46. The van der Waals surface area contributed by atoms with Gasteiger partial charge in [-0.25, -0.2) is 4.98 Å². The van der Waals surface area contributed by atoms with Crippen LogP contribution < -0.4 is 20.5 Å². The Bertz CT molecular complexity index is 671. The van der Waals surface area contributed by atoms with Crippen molar-refractivity contribution in [3.05, 3.63) is 42.2 Å². The zero-order valence-corrected chi connectivity index (χ0v) is 12.8. The molecule has 1 heterocycles. The Hall–Kier alpha value is -2.76. The topological polar surface area (TPSA) is 86.5 Å². The van der Waals surface area contributed by atoms with E-state index in [2.05, 4.69) is 10.3 Å². The average molecular weight is 301 g/mol. The van der Waals surface area contributed by atoms with E-state index >= 15 is 0 Å².